The van der Waals surface area contributed by atoms with Crippen LogP contribution >= 0.6 is 0 Å². The first-order chi connectivity index (χ1) is 12.5. The molecule has 0 aliphatic carbocycles. The number of nitrogens with one attached hydrogen (secondary N) is 1. The lowest BCUT2D eigenvalue weighted by molar-refractivity contribution is 0.0524. The molecule has 0 aliphatic rings. The van der Waals surface area contributed by atoms with Gasteiger partial charge in [0.2, 0.25) is 5.43 Å². The molecule has 0 fully saturated rings. The largest absolute Gasteiger partial charge is 0.462 e. The zero-order chi connectivity index (χ0) is 18.8. The molecule has 0 radical (unpaired) electrons. The van der Waals surface area contributed by atoms with Gasteiger partial charge in [-0.2, -0.15) is 0 Å². The molecule has 0 amide bonds. The van der Waals surface area contributed by atoms with Gasteiger partial charge in [-0.25, -0.2) is 18.6 Å². The minimum atomic E-state index is -0.860. The lowest BCUT2D eigenvalue weighted by atomic mass is 10.1. The monoisotopic (exact) mass is 359 g/mol. The molecule has 26 heavy (non-hydrogen) atoms. The maximum absolute atomic E-state index is 14.3. The van der Waals surface area contributed by atoms with Crippen LogP contribution in [0, 0.1) is 11.6 Å². The number of hydrogen-bond acceptors (Lipinski definition) is 5. The Labute approximate surface area is 147 Å². The number of carbonyl (C=O) groups is 1. The van der Waals surface area contributed by atoms with E-state index < -0.39 is 23.0 Å². The second-order valence-corrected chi connectivity index (χ2v) is 5.38. The van der Waals surface area contributed by atoms with Gasteiger partial charge in [0, 0.05) is 19.3 Å². The number of nitrogens with zero attached hydrogens (tertiary/aromatic N) is 2. The summed E-state index contributed by atoms with van der Waals surface area (Å²) in [6.45, 7) is 1.69. The number of anilines is 1. The van der Waals surface area contributed by atoms with Crippen LogP contribution in [0.5, 0.6) is 0 Å². The van der Waals surface area contributed by atoms with Gasteiger partial charge in [-0.1, -0.05) is 0 Å². The van der Waals surface area contributed by atoms with Crippen molar-refractivity contribution in [2.24, 2.45) is 0 Å². The molecule has 6 nitrogen and oxygen atoms in total. The van der Waals surface area contributed by atoms with Crippen molar-refractivity contribution in [1.29, 1.82) is 0 Å². The number of halogens is 2. The van der Waals surface area contributed by atoms with Crippen LogP contribution < -0.4 is 10.7 Å². The second-order valence-electron chi connectivity index (χ2n) is 5.38. The highest BCUT2D eigenvalue weighted by Gasteiger charge is 2.19. The molecule has 1 aromatic carbocycles. The highest BCUT2D eigenvalue weighted by atomic mass is 19.1. The number of benzene rings is 1. The fourth-order valence-electron chi connectivity index (χ4n) is 2.56. The standard InChI is InChI=1S/C18H15F2N3O3/c1-3-26-18(25)12-9-23(14-6-4-10(19)8-13(14)20)17-11(16(12)24)5-7-15(21-2)22-17/h4-9H,3H2,1-2H3,(H,21,22). The Morgan fingerprint density at radius 2 is 2.04 bits per heavy atom. The van der Waals surface area contributed by atoms with E-state index in [0.717, 1.165) is 12.3 Å². The molecule has 0 spiro atoms. The Bertz CT molecular complexity index is 1060. The number of rotatable bonds is 4. The number of fused-ring (bicyclic) bond motifs is 1. The predicted octanol–water partition coefficient (Wildman–Crippen LogP) is 2.88. The van der Waals surface area contributed by atoms with Gasteiger partial charge in [-0.15, -0.1) is 0 Å². The number of pyridine rings is 2. The molecule has 0 saturated heterocycles. The lowest BCUT2D eigenvalue weighted by Crippen LogP contribution is -2.21. The summed E-state index contributed by atoms with van der Waals surface area (Å²) in [6.07, 6.45) is 1.16. The van der Waals surface area contributed by atoms with Crippen LogP contribution in [0.4, 0.5) is 14.6 Å². The Balaban J connectivity index is 2.39. The van der Waals surface area contributed by atoms with E-state index in [-0.39, 0.29) is 28.9 Å². The average molecular weight is 359 g/mol. The Morgan fingerprint density at radius 3 is 2.69 bits per heavy atom. The average Bonchev–Trinajstić information content (AvgIpc) is 2.62. The van der Waals surface area contributed by atoms with Crippen molar-refractivity contribution in [1.82, 2.24) is 9.55 Å². The molecule has 3 aromatic rings. The van der Waals surface area contributed by atoms with Gasteiger partial charge in [0.05, 0.1) is 17.7 Å². The van der Waals surface area contributed by atoms with E-state index in [4.69, 9.17) is 4.74 Å². The fourth-order valence-corrected chi connectivity index (χ4v) is 2.56. The van der Waals surface area contributed by atoms with Crippen molar-refractivity contribution in [3.8, 4) is 5.69 Å². The van der Waals surface area contributed by atoms with Crippen molar-refractivity contribution in [2.75, 3.05) is 19.0 Å². The molecular formula is C18H15F2N3O3. The zero-order valence-corrected chi connectivity index (χ0v) is 14.0. The minimum Gasteiger partial charge on any atom is -0.462 e. The van der Waals surface area contributed by atoms with Gasteiger partial charge in [0.15, 0.2) is 5.65 Å². The van der Waals surface area contributed by atoms with Crippen LogP contribution in [0.3, 0.4) is 0 Å². The number of aromatic nitrogens is 2. The second kappa shape index (κ2) is 6.91. The van der Waals surface area contributed by atoms with E-state index in [1.165, 1.54) is 16.7 Å². The first-order valence-electron chi connectivity index (χ1n) is 7.83. The molecule has 0 unspecified atom stereocenters. The Hall–Kier alpha value is -3.29. The summed E-state index contributed by atoms with van der Waals surface area (Å²) < 4.78 is 33.7. The van der Waals surface area contributed by atoms with E-state index in [1.54, 1.807) is 20.0 Å². The van der Waals surface area contributed by atoms with Gasteiger partial charge in [-0.05, 0) is 31.2 Å². The quantitative estimate of drug-likeness (QED) is 0.725. The number of esters is 1. The summed E-state index contributed by atoms with van der Waals surface area (Å²) in [7, 11) is 1.64. The summed E-state index contributed by atoms with van der Waals surface area (Å²) in [5, 5.41) is 2.94. The van der Waals surface area contributed by atoms with Crippen LogP contribution in [-0.2, 0) is 4.74 Å². The SMILES string of the molecule is CCOC(=O)c1cn(-c2ccc(F)cc2F)c2nc(NC)ccc2c1=O. The molecule has 134 valence electrons. The van der Waals surface area contributed by atoms with Crippen molar-refractivity contribution in [2.45, 2.75) is 6.92 Å². The fraction of sp³-hybridized carbons (Fsp3) is 0.167. The van der Waals surface area contributed by atoms with Gasteiger partial charge >= 0.3 is 5.97 Å². The van der Waals surface area contributed by atoms with E-state index >= 15 is 0 Å². The predicted molar refractivity (Wildman–Crippen MR) is 92.8 cm³/mol. The minimum absolute atomic E-state index is 0.0531. The molecule has 1 N–H and O–H groups in total. The van der Waals surface area contributed by atoms with Gasteiger partial charge < -0.3 is 10.1 Å². The smallest absolute Gasteiger partial charge is 0.343 e. The van der Waals surface area contributed by atoms with Crippen LogP contribution in [0.15, 0.2) is 41.3 Å². The van der Waals surface area contributed by atoms with E-state index in [1.807, 2.05) is 0 Å². The van der Waals surface area contributed by atoms with Crippen LogP contribution in [0.25, 0.3) is 16.7 Å². The topological polar surface area (TPSA) is 73.2 Å². The molecule has 2 aromatic heterocycles. The third-order valence-electron chi connectivity index (χ3n) is 3.77. The Morgan fingerprint density at radius 1 is 1.27 bits per heavy atom. The van der Waals surface area contributed by atoms with Crippen LogP contribution in [0.2, 0.25) is 0 Å². The third kappa shape index (κ3) is 3.01. The van der Waals surface area contributed by atoms with Crippen LogP contribution in [-0.4, -0.2) is 29.2 Å². The van der Waals surface area contributed by atoms with Crippen molar-refractivity contribution >= 4 is 22.8 Å². The first-order valence-corrected chi connectivity index (χ1v) is 7.83. The van der Waals surface area contributed by atoms with E-state index in [9.17, 15) is 18.4 Å². The molecule has 0 bridgehead atoms. The molecule has 0 saturated carbocycles. The summed E-state index contributed by atoms with van der Waals surface area (Å²) in [5.41, 5.74) is -0.766. The van der Waals surface area contributed by atoms with E-state index in [2.05, 4.69) is 10.3 Å². The molecule has 2 heterocycles. The van der Waals surface area contributed by atoms with Crippen molar-refractivity contribution < 1.29 is 18.3 Å². The molecule has 0 atom stereocenters. The summed E-state index contributed by atoms with van der Waals surface area (Å²) in [4.78, 5) is 29.1. The molecule has 8 heteroatoms. The van der Waals surface area contributed by atoms with Gasteiger partial charge in [0.1, 0.15) is 23.0 Å². The number of carbonyl (C=O) groups excluding carboxylic acids is 1. The normalized spacial score (nSPS) is 10.8. The zero-order valence-electron chi connectivity index (χ0n) is 14.0. The molecule has 3 rings (SSSR count). The number of hydrogen-bond donors (Lipinski definition) is 1. The maximum Gasteiger partial charge on any atom is 0.343 e. The molecule has 0 aliphatic heterocycles. The molecular weight excluding hydrogens is 344 g/mol. The maximum atomic E-state index is 14.3. The summed E-state index contributed by atoms with van der Waals surface area (Å²) in [6, 6.07) is 6.04. The highest BCUT2D eigenvalue weighted by Crippen LogP contribution is 2.21. The van der Waals surface area contributed by atoms with Gasteiger partial charge in [-0.3, -0.25) is 9.36 Å². The third-order valence-corrected chi connectivity index (χ3v) is 3.77. The Kier molecular flexibility index (Phi) is 4.66. The van der Waals surface area contributed by atoms with Gasteiger partial charge in [0.25, 0.3) is 0 Å². The van der Waals surface area contributed by atoms with Crippen molar-refractivity contribution in [3.05, 3.63) is 63.9 Å². The summed E-state index contributed by atoms with van der Waals surface area (Å²) in [5.74, 6) is -1.99. The van der Waals surface area contributed by atoms with E-state index in [0.29, 0.717) is 11.9 Å². The first kappa shape index (κ1) is 17.5. The highest BCUT2D eigenvalue weighted by molar-refractivity contribution is 5.93. The van der Waals surface area contributed by atoms with Crippen molar-refractivity contribution in [3.63, 3.8) is 0 Å². The summed E-state index contributed by atoms with van der Waals surface area (Å²) >= 11 is 0. The lowest BCUT2D eigenvalue weighted by Gasteiger charge is -2.14. The number of ether oxygens (including phenoxy) is 1. The van der Waals surface area contributed by atoms with Crippen LogP contribution in [0.1, 0.15) is 17.3 Å².